The van der Waals surface area contributed by atoms with Gasteiger partial charge in [-0.15, -0.1) is 0 Å². The second-order valence-electron chi connectivity index (χ2n) is 8.78. The molecule has 1 aliphatic rings. The molecule has 0 saturated heterocycles. The normalized spacial score (nSPS) is 18.2. The van der Waals surface area contributed by atoms with E-state index in [1.807, 2.05) is 0 Å². The molecule has 1 aromatic rings. The molecule has 0 radical (unpaired) electrons. The molecule has 1 saturated carbocycles. The van der Waals surface area contributed by atoms with Crippen molar-refractivity contribution in [2.75, 3.05) is 13.2 Å². The van der Waals surface area contributed by atoms with Gasteiger partial charge in [-0.1, -0.05) is 0 Å². The third kappa shape index (κ3) is 6.96. The largest absolute Gasteiger partial charge is 0.465 e. The maximum Gasteiger partial charge on any atom is 0.407 e. The standard InChI is InChI=1S/C21H32N4O7/c1-6-31-17(27)12-25(16(26)11-24-10-13(2)18(28)23-19(24)29)15-9-7-8-14(15)22-20(30)32-21(3,4)5/h10,14-15H,6-9,11-12H2,1-5H3,(H,22,30)(H,23,28,29)/t14-,15-/m0/s1. The van der Waals surface area contributed by atoms with Gasteiger partial charge in [0.25, 0.3) is 5.56 Å². The molecule has 2 rings (SSSR count). The zero-order chi connectivity index (χ0) is 24.1. The van der Waals surface area contributed by atoms with Crippen LogP contribution >= 0.6 is 0 Å². The summed E-state index contributed by atoms with van der Waals surface area (Å²) in [5, 5.41) is 2.79. The highest BCUT2D eigenvalue weighted by Crippen LogP contribution is 2.25. The smallest absolute Gasteiger partial charge is 0.407 e. The number of carbonyl (C=O) groups excluding carboxylic acids is 3. The van der Waals surface area contributed by atoms with E-state index in [9.17, 15) is 24.0 Å². The Morgan fingerprint density at radius 1 is 1.25 bits per heavy atom. The number of aromatic nitrogens is 2. The van der Waals surface area contributed by atoms with Crippen molar-refractivity contribution in [3.8, 4) is 0 Å². The molecule has 0 aliphatic heterocycles. The average molecular weight is 453 g/mol. The van der Waals surface area contributed by atoms with Crippen molar-refractivity contribution in [2.24, 2.45) is 0 Å². The first-order valence-electron chi connectivity index (χ1n) is 10.7. The predicted molar refractivity (Wildman–Crippen MR) is 115 cm³/mol. The molecule has 2 atom stereocenters. The minimum absolute atomic E-state index is 0.156. The Hall–Kier alpha value is -3.11. The van der Waals surface area contributed by atoms with Gasteiger partial charge < -0.3 is 19.7 Å². The molecule has 2 amide bonds. The van der Waals surface area contributed by atoms with Crippen LogP contribution in [0, 0.1) is 6.92 Å². The SMILES string of the molecule is CCOC(=O)CN(C(=O)Cn1cc(C)c(=O)[nH]c1=O)[C@H]1CCC[C@@H]1NC(=O)OC(C)(C)C. The van der Waals surface area contributed by atoms with Crippen LogP contribution < -0.4 is 16.6 Å². The van der Waals surface area contributed by atoms with Crippen LogP contribution in [-0.4, -0.2) is 63.3 Å². The van der Waals surface area contributed by atoms with Gasteiger partial charge in [-0.3, -0.25) is 23.9 Å². The van der Waals surface area contributed by atoms with E-state index in [0.717, 1.165) is 11.0 Å². The van der Waals surface area contributed by atoms with E-state index in [1.54, 1.807) is 27.7 Å². The van der Waals surface area contributed by atoms with Crippen LogP contribution in [0.1, 0.15) is 52.5 Å². The fourth-order valence-corrected chi connectivity index (χ4v) is 3.65. The number of aryl methyl sites for hydroxylation is 1. The first-order valence-corrected chi connectivity index (χ1v) is 10.7. The monoisotopic (exact) mass is 452 g/mol. The minimum atomic E-state index is -0.722. The lowest BCUT2D eigenvalue weighted by Gasteiger charge is -2.33. The summed E-state index contributed by atoms with van der Waals surface area (Å²) < 4.78 is 11.4. The number of carbonyl (C=O) groups is 3. The van der Waals surface area contributed by atoms with Crippen LogP contribution in [0.3, 0.4) is 0 Å². The molecule has 11 nitrogen and oxygen atoms in total. The van der Waals surface area contributed by atoms with Crippen LogP contribution in [0.2, 0.25) is 0 Å². The van der Waals surface area contributed by atoms with E-state index in [1.165, 1.54) is 18.0 Å². The van der Waals surface area contributed by atoms with Gasteiger partial charge in [-0.05, 0) is 53.9 Å². The summed E-state index contributed by atoms with van der Waals surface area (Å²) in [5.74, 6) is -1.09. The third-order valence-electron chi connectivity index (χ3n) is 5.00. The van der Waals surface area contributed by atoms with Gasteiger partial charge in [-0.25, -0.2) is 9.59 Å². The number of nitrogens with zero attached hydrogens (tertiary/aromatic N) is 2. The highest BCUT2D eigenvalue weighted by Gasteiger charge is 2.37. The molecule has 0 unspecified atom stereocenters. The molecule has 0 bridgehead atoms. The summed E-state index contributed by atoms with van der Waals surface area (Å²) in [6, 6.07) is -0.892. The fraction of sp³-hybridized carbons (Fsp3) is 0.667. The van der Waals surface area contributed by atoms with E-state index in [2.05, 4.69) is 10.3 Å². The number of hydrogen-bond donors (Lipinski definition) is 2. The lowest BCUT2D eigenvalue weighted by molar-refractivity contribution is -0.151. The molecule has 0 aromatic carbocycles. The summed E-state index contributed by atoms with van der Waals surface area (Å²) >= 11 is 0. The lowest BCUT2D eigenvalue weighted by Crippen LogP contribution is -2.54. The van der Waals surface area contributed by atoms with Crippen LogP contribution in [-0.2, 0) is 25.6 Å². The lowest BCUT2D eigenvalue weighted by atomic mass is 10.1. The molecule has 32 heavy (non-hydrogen) atoms. The summed E-state index contributed by atoms with van der Waals surface area (Å²) in [5.41, 5.74) is -1.65. The van der Waals surface area contributed by atoms with Gasteiger partial charge in [0.15, 0.2) is 0 Å². The van der Waals surface area contributed by atoms with E-state index < -0.39 is 46.9 Å². The van der Waals surface area contributed by atoms with Gasteiger partial charge in [-0.2, -0.15) is 0 Å². The third-order valence-corrected chi connectivity index (χ3v) is 5.00. The summed E-state index contributed by atoms with van der Waals surface area (Å²) in [6.07, 6.45) is 2.59. The number of hydrogen-bond acceptors (Lipinski definition) is 7. The Morgan fingerprint density at radius 2 is 1.94 bits per heavy atom. The van der Waals surface area contributed by atoms with Crippen LogP contribution in [0.15, 0.2) is 15.8 Å². The minimum Gasteiger partial charge on any atom is -0.465 e. The quantitative estimate of drug-likeness (QED) is 0.580. The molecule has 1 aromatic heterocycles. The molecule has 1 aliphatic carbocycles. The molecule has 2 N–H and O–H groups in total. The van der Waals surface area contributed by atoms with Crippen molar-refractivity contribution >= 4 is 18.0 Å². The van der Waals surface area contributed by atoms with E-state index in [0.29, 0.717) is 12.8 Å². The number of alkyl carbamates (subject to hydrolysis) is 1. The van der Waals surface area contributed by atoms with Crippen LogP contribution in [0.4, 0.5) is 4.79 Å². The fourth-order valence-electron chi connectivity index (χ4n) is 3.65. The van der Waals surface area contributed by atoms with Crippen molar-refractivity contribution in [3.05, 3.63) is 32.6 Å². The Kier molecular flexibility index (Phi) is 8.23. The van der Waals surface area contributed by atoms with Crippen molar-refractivity contribution in [1.29, 1.82) is 0 Å². The maximum absolute atomic E-state index is 13.2. The number of H-pyrrole nitrogens is 1. The topological polar surface area (TPSA) is 140 Å². The highest BCUT2D eigenvalue weighted by atomic mass is 16.6. The van der Waals surface area contributed by atoms with Crippen LogP contribution in [0.25, 0.3) is 0 Å². The predicted octanol–water partition coefficient (Wildman–Crippen LogP) is 0.683. The number of aromatic amines is 1. The van der Waals surface area contributed by atoms with Crippen molar-refractivity contribution < 1.29 is 23.9 Å². The van der Waals surface area contributed by atoms with Crippen molar-refractivity contribution in [1.82, 2.24) is 19.8 Å². The van der Waals surface area contributed by atoms with E-state index >= 15 is 0 Å². The van der Waals surface area contributed by atoms with Gasteiger partial charge in [0.05, 0.1) is 18.7 Å². The zero-order valence-corrected chi connectivity index (χ0v) is 19.2. The molecular formula is C21H32N4O7. The average Bonchev–Trinajstić information content (AvgIpc) is 3.10. The van der Waals surface area contributed by atoms with Gasteiger partial charge >= 0.3 is 17.8 Å². The second-order valence-corrected chi connectivity index (χ2v) is 8.78. The Labute approximate surface area is 186 Å². The highest BCUT2D eigenvalue weighted by molar-refractivity contribution is 5.82. The Morgan fingerprint density at radius 3 is 2.56 bits per heavy atom. The summed E-state index contributed by atoms with van der Waals surface area (Å²) in [4.78, 5) is 64.9. The number of esters is 1. The number of amides is 2. The van der Waals surface area contributed by atoms with Gasteiger partial charge in [0, 0.05) is 11.8 Å². The number of ether oxygens (including phenoxy) is 2. The van der Waals surface area contributed by atoms with Gasteiger partial charge in [0.1, 0.15) is 18.7 Å². The van der Waals surface area contributed by atoms with Crippen molar-refractivity contribution in [2.45, 2.75) is 78.1 Å². The number of nitrogens with one attached hydrogen (secondary N) is 2. The molecule has 0 spiro atoms. The number of rotatable bonds is 7. The van der Waals surface area contributed by atoms with Crippen molar-refractivity contribution in [3.63, 3.8) is 0 Å². The molecule has 11 heteroatoms. The zero-order valence-electron chi connectivity index (χ0n) is 19.2. The summed E-state index contributed by atoms with van der Waals surface area (Å²) in [6.45, 7) is 7.90. The van der Waals surface area contributed by atoms with Crippen LogP contribution in [0.5, 0.6) is 0 Å². The first-order chi connectivity index (χ1) is 14.9. The molecule has 178 valence electrons. The van der Waals surface area contributed by atoms with E-state index in [-0.39, 0.29) is 25.3 Å². The second kappa shape index (κ2) is 10.5. The summed E-state index contributed by atoms with van der Waals surface area (Å²) in [7, 11) is 0. The Balaban J connectivity index is 2.25. The van der Waals surface area contributed by atoms with E-state index in [4.69, 9.17) is 9.47 Å². The maximum atomic E-state index is 13.2. The molecule has 1 fully saturated rings. The molecule has 1 heterocycles. The van der Waals surface area contributed by atoms with Gasteiger partial charge in [0.2, 0.25) is 5.91 Å². The Bertz CT molecular complexity index is 960. The first kappa shape index (κ1) is 25.2. The molecular weight excluding hydrogens is 420 g/mol.